The van der Waals surface area contributed by atoms with Crippen molar-refractivity contribution in [2.75, 3.05) is 13.2 Å². The van der Waals surface area contributed by atoms with Crippen molar-refractivity contribution in [1.29, 1.82) is 0 Å². The van der Waals surface area contributed by atoms with Crippen molar-refractivity contribution < 1.29 is 14.3 Å². The van der Waals surface area contributed by atoms with Crippen LogP contribution < -0.4 is 0 Å². The second kappa shape index (κ2) is 5.52. The van der Waals surface area contributed by atoms with Gasteiger partial charge in [0, 0.05) is 18.8 Å². The average molecular weight is 252 g/mol. The normalized spacial score (nSPS) is 19.4. The van der Waals surface area contributed by atoms with Crippen LogP contribution in [-0.2, 0) is 9.47 Å². The molecule has 0 unspecified atom stereocenters. The zero-order valence-electron chi connectivity index (χ0n) is 11.2. The molecule has 100 valence electrons. The van der Waals surface area contributed by atoms with Gasteiger partial charge in [0.1, 0.15) is 17.4 Å². The highest BCUT2D eigenvalue weighted by Gasteiger charge is 2.28. The molecule has 1 aliphatic rings. The van der Waals surface area contributed by atoms with E-state index in [1.165, 1.54) is 0 Å². The first-order valence-electron chi connectivity index (χ1n) is 6.51. The van der Waals surface area contributed by atoms with E-state index in [0.717, 1.165) is 25.1 Å². The number of rotatable bonds is 4. The molecule has 0 aromatic carbocycles. The van der Waals surface area contributed by atoms with Crippen LogP contribution >= 0.6 is 0 Å². The molecule has 0 aliphatic carbocycles. The van der Waals surface area contributed by atoms with E-state index in [-0.39, 0.29) is 18.1 Å². The second-order valence-electron chi connectivity index (χ2n) is 4.72. The minimum atomic E-state index is -0.310. The molecule has 1 aliphatic heterocycles. The summed E-state index contributed by atoms with van der Waals surface area (Å²) in [6.07, 6.45) is 3.63. The van der Waals surface area contributed by atoms with Gasteiger partial charge in [-0.3, -0.25) is 4.68 Å². The Labute approximate surface area is 107 Å². The summed E-state index contributed by atoms with van der Waals surface area (Å²) in [4.78, 5) is 11.9. The molecule has 1 saturated heterocycles. The zero-order chi connectivity index (χ0) is 13.1. The second-order valence-corrected chi connectivity index (χ2v) is 4.72. The van der Waals surface area contributed by atoms with Gasteiger partial charge in [-0.25, -0.2) is 4.79 Å². The zero-order valence-corrected chi connectivity index (χ0v) is 11.2. The molecule has 5 heteroatoms. The molecule has 1 aromatic rings. The number of carbonyl (C=O) groups excluding carboxylic acids is 1. The standard InChI is InChI=1S/C13H20N2O3/c1-4-17-13(16)10-8-15(9(2)3)14-12(10)11-6-5-7-18-11/h8-9,11H,4-7H2,1-3H3/t11-/m1/s1. The monoisotopic (exact) mass is 252 g/mol. The molecule has 2 rings (SSSR count). The summed E-state index contributed by atoms with van der Waals surface area (Å²) >= 11 is 0. The highest BCUT2D eigenvalue weighted by molar-refractivity contribution is 5.90. The van der Waals surface area contributed by atoms with Gasteiger partial charge in [0.2, 0.25) is 0 Å². The smallest absolute Gasteiger partial charge is 0.341 e. The highest BCUT2D eigenvalue weighted by Crippen LogP contribution is 2.30. The third-order valence-corrected chi connectivity index (χ3v) is 3.02. The summed E-state index contributed by atoms with van der Waals surface area (Å²) in [5.41, 5.74) is 1.26. The Balaban J connectivity index is 2.32. The van der Waals surface area contributed by atoms with E-state index in [0.29, 0.717) is 12.2 Å². The molecule has 0 bridgehead atoms. The Kier molecular flexibility index (Phi) is 4.01. The predicted molar refractivity (Wildman–Crippen MR) is 66.5 cm³/mol. The van der Waals surface area contributed by atoms with Crippen molar-refractivity contribution in [2.24, 2.45) is 0 Å². The minimum absolute atomic E-state index is 0.0654. The lowest BCUT2D eigenvalue weighted by Gasteiger charge is -2.08. The Morgan fingerprint density at radius 2 is 2.44 bits per heavy atom. The number of aromatic nitrogens is 2. The topological polar surface area (TPSA) is 53.4 Å². The van der Waals surface area contributed by atoms with E-state index < -0.39 is 0 Å². The summed E-state index contributed by atoms with van der Waals surface area (Å²) in [6, 6.07) is 0.216. The van der Waals surface area contributed by atoms with E-state index in [2.05, 4.69) is 5.10 Å². The molecule has 1 atom stereocenters. The van der Waals surface area contributed by atoms with Crippen LogP contribution in [-0.4, -0.2) is 29.0 Å². The van der Waals surface area contributed by atoms with Gasteiger partial charge in [0.25, 0.3) is 0 Å². The molecule has 0 amide bonds. The summed E-state index contributed by atoms with van der Waals surface area (Å²) < 4.78 is 12.5. The lowest BCUT2D eigenvalue weighted by atomic mass is 10.1. The third-order valence-electron chi connectivity index (χ3n) is 3.02. The molecule has 0 saturated carbocycles. The Morgan fingerprint density at radius 1 is 1.67 bits per heavy atom. The van der Waals surface area contributed by atoms with E-state index in [9.17, 15) is 4.79 Å². The molecule has 1 fully saturated rings. The van der Waals surface area contributed by atoms with Crippen molar-refractivity contribution in [3.63, 3.8) is 0 Å². The van der Waals surface area contributed by atoms with Crippen molar-refractivity contribution in [2.45, 2.75) is 45.8 Å². The summed E-state index contributed by atoms with van der Waals surface area (Å²) in [7, 11) is 0. The van der Waals surface area contributed by atoms with Crippen LogP contribution in [0.5, 0.6) is 0 Å². The summed E-state index contributed by atoms with van der Waals surface area (Å²) in [5.74, 6) is -0.310. The fourth-order valence-electron chi connectivity index (χ4n) is 2.07. The van der Waals surface area contributed by atoms with Crippen molar-refractivity contribution in [3.8, 4) is 0 Å². The van der Waals surface area contributed by atoms with Gasteiger partial charge in [-0.1, -0.05) is 0 Å². The van der Waals surface area contributed by atoms with Crippen LogP contribution in [0.25, 0.3) is 0 Å². The Hall–Kier alpha value is -1.36. The quantitative estimate of drug-likeness (QED) is 0.772. The van der Waals surface area contributed by atoms with Crippen LogP contribution in [0, 0.1) is 0 Å². The van der Waals surface area contributed by atoms with E-state index in [1.54, 1.807) is 17.8 Å². The van der Waals surface area contributed by atoms with Crippen LogP contribution in [0.4, 0.5) is 0 Å². The maximum absolute atomic E-state index is 11.9. The number of hydrogen-bond acceptors (Lipinski definition) is 4. The molecule has 5 nitrogen and oxygen atoms in total. The fraction of sp³-hybridized carbons (Fsp3) is 0.692. The van der Waals surface area contributed by atoms with Crippen molar-refractivity contribution >= 4 is 5.97 Å². The van der Waals surface area contributed by atoms with Crippen molar-refractivity contribution in [3.05, 3.63) is 17.5 Å². The van der Waals surface area contributed by atoms with Gasteiger partial charge in [-0.05, 0) is 33.6 Å². The maximum Gasteiger partial charge on any atom is 0.341 e. The molecule has 18 heavy (non-hydrogen) atoms. The van der Waals surface area contributed by atoms with Gasteiger partial charge in [-0.15, -0.1) is 0 Å². The van der Waals surface area contributed by atoms with Crippen molar-refractivity contribution in [1.82, 2.24) is 9.78 Å². The van der Waals surface area contributed by atoms with Gasteiger partial charge in [0.15, 0.2) is 0 Å². The molecule has 1 aromatic heterocycles. The lowest BCUT2D eigenvalue weighted by Crippen LogP contribution is -2.09. The van der Waals surface area contributed by atoms with E-state index in [1.807, 2.05) is 13.8 Å². The van der Waals surface area contributed by atoms with Crippen LogP contribution in [0.1, 0.15) is 61.8 Å². The van der Waals surface area contributed by atoms with Crippen LogP contribution in [0.3, 0.4) is 0 Å². The average Bonchev–Trinajstić information content (AvgIpc) is 2.98. The third kappa shape index (κ3) is 2.56. The molecule has 0 N–H and O–H groups in total. The molecule has 0 radical (unpaired) electrons. The van der Waals surface area contributed by atoms with Gasteiger partial charge in [-0.2, -0.15) is 5.10 Å². The van der Waals surface area contributed by atoms with Crippen LogP contribution in [0.15, 0.2) is 6.20 Å². The lowest BCUT2D eigenvalue weighted by molar-refractivity contribution is 0.0514. The Morgan fingerprint density at radius 3 is 3.00 bits per heavy atom. The first-order chi connectivity index (χ1) is 8.63. The number of ether oxygens (including phenoxy) is 2. The van der Waals surface area contributed by atoms with Gasteiger partial charge in [0.05, 0.1) is 6.61 Å². The first-order valence-corrected chi connectivity index (χ1v) is 6.51. The molecule has 2 heterocycles. The predicted octanol–water partition coefficient (Wildman–Crippen LogP) is 2.49. The SMILES string of the molecule is CCOC(=O)c1cn(C(C)C)nc1[C@H]1CCCO1. The highest BCUT2D eigenvalue weighted by atomic mass is 16.5. The van der Waals surface area contributed by atoms with E-state index >= 15 is 0 Å². The van der Waals surface area contributed by atoms with Gasteiger partial charge >= 0.3 is 5.97 Å². The van der Waals surface area contributed by atoms with Gasteiger partial charge < -0.3 is 9.47 Å². The maximum atomic E-state index is 11.9. The number of hydrogen-bond donors (Lipinski definition) is 0. The number of esters is 1. The molecule has 0 spiro atoms. The molecular formula is C13H20N2O3. The Bertz CT molecular complexity index is 420. The summed E-state index contributed by atoms with van der Waals surface area (Å²) in [5, 5.41) is 4.49. The summed E-state index contributed by atoms with van der Waals surface area (Å²) in [6.45, 7) is 6.97. The van der Waals surface area contributed by atoms with E-state index in [4.69, 9.17) is 9.47 Å². The minimum Gasteiger partial charge on any atom is -0.462 e. The number of nitrogens with zero attached hydrogens (tertiary/aromatic N) is 2. The molecular weight excluding hydrogens is 232 g/mol. The number of carbonyl (C=O) groups is 1. The first kappa shape index (κ1) is 13.1. The van der Waals surface area contributed by atoms with Crippen LogP contribution in [0.2, 0.25) is 0 Å². The largest absolute Gasteiger partial charge is 0.462 e. The fourth-order valence-corrected chi connectivity index (χ4v) is 2.07.